The molecule has 0 unspecified atom stereocenters. The average Bonchev–Trinajstić information content (AvgIpc) is 3.45. The number of rotatable bonds is 3. The summed E-state index contributed by atoms with van der Waals surface area (Å²) in [6.07, 6.45) is 0. The van der Waals surface area contributed by atoms with Gasteiger partial charge in [-0.1, -0.05) is 78.3 Å². The Bertz CT molecular complexity index is 1850. The number of hydrogen-bond acceptors (Lipinski definition) is 3. The lowest BCUT2D eigenvalue weighted by molar-refractivity contribution is 1.33. The smallest absolute Gasteiger partial charge is 0.116 e. The topological polar surface area (TPSA) is 3.24 Å². The van der Waals surface area contributed by atoms with E-state index < -0.39 is 0 Å². The van der Waals surface area contributed by atoms with Crippen LogP contribution >= 0.6 is 22.7 Å². The van der Waals surface area contributed by atoms with E-state index in [1.165, 1.54) is 40.3 Å². The van der Waals surface area contributed by atoms with Crippen molar-refractivity contribution in [3.63, 3.8) is 0 Å². The van der Waals surface area contributed by atoms with E-state index in [-0.39, 0.29) is 0 Å². The number of benzene rings is 5. The molecule has 0 aliphatic carbocycles. The Morgan fingerprint density at radius 1 is 0.471 bits per heavy atom. The molecule has 0 spiro atoms. The van der Waals surface area contributed by atoms with Gasteiger partial charge in [-0.05, 0) is 36.4 Å². The van der Waals surface area contributed by atoms with Crippen LogP contribution in [0.2, 0.25) is 0 Å². The monoisotopic (exact) mass is 467 g/mol. The fourth-order valence-corrected chi connectivity index (χ4v) is 7.26. The second-order valence-electron chi connectivity index (χ2n) is 8.39. The summed E-state index contributed by atoms with van der Waals surface area (Å²) >= 11 is 3.68. The van der Waals surface area contributed by atoms with E-state index in [2.05, 4.69) is 102 Å². The number of fused-ring (bicyclic) bond motifs is 6. The molecule has 2 heterocycles. The fourth-order valence-electron chi connectivity index (χ4n) is 4.93. The van der Waals surface area contributed by atoms with E-state index in [0.717, 1.165) is 22.5 Å². The first-order chi connectivity index (χ1) is 16.8. The fraction of sp³-hybridized carbons (Fsp3) is 0. The molecule has 1 nitrogen and oxygen atoms in total. The summed E-state index contributed by atoms with van der Waals surface area (Å²) in [5.41, 5.74) is 4.06. The van der Waals surface area contributed by atoms with Crippen molar-refractivity contribution in [2.75, 3.05) is 4.90 Å². The molecule has 4 heteroatoms. The maximum Gasteiger partial charge on any atom is 0.116 e. The van der Waals surface area contributed by atoms with Crippen molar-refractivity contribution < 1.29 is 0 Å². The van der Waals surface area contributed by atoms with Crippen LogP contribution in [0.25, 0.3) is 40.3 Å². The maximum absolute atomic E-state index is 6.61. The van der Waals surface area contributed by atoms with Crippen LogP contribution in [0.3, 0.4) is 0 Å². The van der Waals surface area contributed by atoms with Gasteiger partial charge in [0.25, 0.3) is 0 Å². The summed E-state index contributed by atoms with van der Waals surface area (Å²) < 4.78 is 5.14. The van der Waals surface area contributed by atoms with Gasteiger partial charge in [-0.15, -0.1) is 22.7 Å². The van der Waals surface area contributed by atoms with E-state index in [1.807, 2.05) is 34.8 Å². The Morgan fingerprint density at radius 2 is 1.06 bits per heavy atom. The molecule has 7 rings (SSSR count). The first-order valence-corrected chi connectivity index (χ1v) is 12.9. The normalized spacial score (nSPS) is 11.6. The SMILES string of the molecule is [B]c1ccccc1N(c1cccc2c1sc1ccccc12)c1cccc2sc3ccccc3c12. The molecule has 0 N–H and O–H groups in total. The molecule has 158 valence electrons. The van der Waals surface area contributed by atoms with E-state index >= 15 is 0 Å². The zero-order chi connectivity index (χ0) is 22.6. The minimum atomic E-state index is 0.761. The van der Waals surface area contributed by atoms with Crippen LogP contribution in [0.1, 0.15) is 0 Å². The van der Waals surface area contributed by atoms with Crippen molar-refractivity contribution in [2.45, 2.75) is 0 Å². The van der Waals surface area contributed by atoms with Crippen LogP contribution in [0.4, 0.5) is 17.1 Å². The third-order valence-corrected chi connectivity index (χ3v) is 8.77. The van der Waals surface area contributed by atoms with Gasteiger partial charge in [0.15, 0.2) is 0 Å². The second kappa shape index (κ2) is 7.73. The first-order valence-electron chi connectivity index (χ1n) is 11.2. The Kier molecular flexibility index (Phi) is 4.51. The number of thiophene rings is 2. The van der Waals surface area contributed by atoms with Gasteiger partial charge in [0.1, 0.15) is 7.85 Å². The van der Waals surface area contributed by atoms with Gasteiger partial charge < -0.3 is 4.90 Å². The molecule has 34 heavy (non-hydrogen) atoms. The highest BCUT2D eigenvalue weighted by atomic mass is 32.1. The average molecular weight is 467 g/mol. The molecule has 2 radical (unpaired) electrons. The van der Waals surface area contributed by atoms with E-state index in [0.29, 0.717) is 0 Å². The first kappa shape index (κ1) is 19.8. The van der Waals surface area contributed by atoms with Gasteiger partial charge in [0.05, 0.1) is 16.1 Å². The van der Waals surface area contributed by atoms with Crippen LogP contribution in [-0.4, -0.2) is 7.85 Å². The highest BCUT2D eigenvalue weighted by Gasteiger charge is 2.22. The van der Waals surface area contributed by atoms with Gasteiger partial charge in [-0.25, -0.2) is 0 Å². The lowest BCUT2D eigenvalue weighted by Gasteiger charge is -2.28. The van der Waals surface area contributed by atoms with Crippen LogP contribution in [0.5, 0.6) is 0 Å². The van der Waals surface area contributed by atoms with Gasteiger partial charge in [0, 0.05) is 41.3 Å². The summed E-state index contributed by atoms with van der Waals surface area (Å²) in [5, 5.41) is 5.12. The molecule has 0 atom stereocenters. The molecule has 0 aliphatic heterocycles. The number of anilines is 3. The molecular weight excluding hydrogens is 449 g/mol. The highest BCUT2D eigenvalue weighted by Crippen LogP contribution is 2.48. The minimum Gasteiger partial charge on any atom is -0.309 e. The summed E-state index contributed by atoms with van der Waals surface area (Å²) in [4.78, 5) is 2.36. The van der Waals surface area contributed by atoms with E-state index in [4.69, 9.17) is 7.85 Å². The second-order valence-corrected chi connectivity index (χ2v) is 10.5. The van der Waals surface area contributed by atoms with Gasteiger partial charge in [0.2, 0.25) is 0 Å². The molecule has 0 saturated heterocycles. The molecule has 0 aliphatic rings. The highest BCUT2D eigenvalue weighted by molar-refractivity contribution is 7.26. The lowest BCUT2D eigenvalue weighted by atomic mass is 9.92. The van der Waals surface area contributed by atoms with Crippen molar-refractivity contribution in [1.29, 1.82) is 0 Å². The van der Waals surface area contributed by atoms with Crippen LogP contribution in [-0.2, 0) is 0 Å². The van der Waals surface area contributed by atoms with Crippen molar-refractivity contribution in [2.24, 2.45) is 0 Å². The van der Waals surface area contributed by atoms with Crippen molar-refractivity contribution in [1.82, 2.24) is 0 Å². The molecule has 2 aromatic heterocycles. The lowest BCUT2D eigenvalue weighted by Crippen LogP contribution is -2.19. The molecular formula is C30H18BNS2. The van der Waals surface area contributed by atoms with Crippen molar-refractivity contribution in [3.8, 4) is 0 Å². The third kappa shape index (κ3) is 2.92. The van der Waals surface area contributed by atoms with Gasteiger partial charge >= 0.3 is 0 Å². The standard InChI is InChI=1S/C30H18BNS2/c31-22-12-3-4-13-23(22)32(24-14-8-18-28-29(24)21-10-2-6-17-27(21)33-28)25-15-7-11-20-19-9-1-5-16-26(19)34-30(20)25/h1-18H. The Labute approximate surface area is 206 Å². The molecule has 7 aromatic rings. The third-order valence-electron chi connectivity index (χ3n) is 6.42. The molecule has 0 saturated carbocycles. The summed E-state index contributed by atoms with van der Waals surface area (Å²) in [7, 11) is 6.61. The van der Waals surface area contributed by atoms with Gasteiger partial charge in [-0.2, -0.15) is 0 Å². The molecule has 5 aromatic carbocycles. The minimum absolute atomic E-state index is 0.761. The van der Waals surface area contributed by atoms with E-state index in [1.54, 1.807) is 0 Å². The Balaban J connectivity index is 1.62. The number of para-hydroxylation sites is 1. The largest absolute Gasteiger partial charge is 0.309 e. The van der Waals surface area contributed by atoms with Crippen molar-refractivity contribution >= 4 is 93.4 Å². The van der Waals surface area contributed by atoms with Crippen LogP contribution < -0.4 is 10.4 Å². The number of nitrogens with zero attached hydrogens (tertiary/aromatic N) is 1. The number of hydrogen-bond donors (Lipinski definition) is 0. The Morgan fingerprint density at radius 3 is 1.91 bits per heavy atom. The zero-order valence-electron chi connectivity index (χ0n) is 18.2. The Hall–Kier alpha value is -3.60. The molecule has 0 fully saturated rings. The summed E-state index contributed by atoms with van der Waals surface area (Å²) in [6.45, 7) is 0. The predicted molar refractivity (Wildman–Crippen MR) is 152 cm³/mol. The quantitative estimate of drug-likeness (QED) is 0.235. The van der Waals surface area contributed by atoms with Gasteiger partial charge in [-0.3, -0.25) is 0 Å². The molecule has 0 amide bonds. The maximum atomic E-state index is 6.61. The van der Waals surface area contributed by atoms with Crippen LogP contribution in [0, 0.1) is 0 Å². The summed E-state index contributed by atoms with van der Waals surface area (Å²) in [6, 6.07) is 38.7. The predicted octanol–water partition coefficient (Wildman–Crippen LogP) is 8.69. The summed E-state index contributed by atoms with van der Waals surface area (Å²) in [5.74, 6) is 0. The van der Waals surface area contributed by atoms with E-state index in [9.17, 15) is 0 Å². The van der Waals surface area contributed by atoms with Crippen molar-refractivity contribution in [3.05, 3.63) is 109 Å². The zero-order valence-corrected chi connectivity index (χ0v) is 19.9. The van der Waals surface area contributed by atoms with Crippen LogP contribution in [0.15, 0.2) is 109 Å². The molecule has 0 bridgehead atoms.